The van der Waals surface area contributed by atoms with E-state index in [-0.39, 0.29) is 16.9 Å². The molecule has 0 bridgehead atoms. The first-order chi connectivity index (χ1) is 12.3. The van der Waals surface area contributed by atoms with Crippen molar-refractivity contribution in [2.45, 2.75) is 0 Å². The van der Waals surface area contributed by atoms with Gasteiger partial charge in [0.1, 0.15) is 11.3 Å². The maximum absolute atomic E-state index is 12.8. The fraction of sp³-hybridized carbons (Fsp3) is 0. The van der Waals surface area contributed by atoms with Gasteiger partial charge in [0, 0.05) is 15.1 Å². The van der Waals surface area contributed by atoms with E-state index < -0.39 is 17.8 Å². The summed E-state index contributed by atoms with van der Waals surface area (Å²) in [4.78, 5) is 37.9. The molecular weight excluding hydrogens is 491 g/mol. The topological polar surface area (TPSA) is 86.7 Å². The number of hydrogen-bond acceptors (Lipinski definition) is 4. The molecular formula is C17H9Br2ClN2O4. The Morgan fingerprint density at radius 2 is 1.73 bits per heavy atom. The van der Waals surface area contributed by atoms with E-state index in [1.54, 1.807) is 24.3 Å². The number of rotatable bonds is 2. The molecule has 1 fully saturated rings. The highest BCUT2D eigenvalue weighted by Gasteiger charge is 2.37. The number of imide groups is 2. The summed E-state index contributed by atoms with van der Waals surface area (Å²) < 4.78 is 1.08. The zero-order valence-corrected chi connectivity index (χ0v) is 16.7. The molecule has 1 heterocycles. The predicted molar refractivity (Wildman–Crippen MR) is 104 cm³/mol. The lowest BCUT2D eigenvalue weighted by Crippen LogP contribution is -2.54. The Hall–Kier alpha value is -2.16. The van der Waals surface area contributed by atoms with Gasteiger partial charge in [0.25, 0.3) is 11.8 Å². The maximum Gasteiger partial charge on any atom is 0.335 e. The van der Waals surface area contributed by atoms with Gasteiger partial charge in [-0.3, -0.25) is 14.9 Å². The lowest BCUT2D eigenvalue weighted by atomic mass is 10.1. The SMILES string of the molecule is O=C1NC(=O)N(c2ccc(Br)cc2)C(=O)/C1=C/c1cc(Cl)cc(Br)c1O. The Balaban J connectivity index is 2.07. The van der Waals surface area contributed by atoms with E-state index >= 15 is 0 Å². The van der Waals surface area contributed by atoms with Gasteiger partial charge in [0.05, 0.1) is 10.2 Å². The fourth-order valence-corrected chi connectivity index (χ4v) is 3.43. The normalized spacial score (nSPS) is 16.2. The second-order valence-electron chi connectivity index (χ2n) is 5.26. The van der Waals surface area contributed by atoms with Crippen molar-refractivity contribution in [3.8, 4) is 5.75 Å². The van der Waals surface area contributed by atoms with Gasteiger partial charge in [-0.25, -0.2) is 9.69 Å². The van der Waals surface area contributed by atoms with Crippen LogP contribution in [0.2, 0.25) is 5.02 Å². The average molecular weight is 501 g/mol. The van der Waals surface area contributed by atoms with Crippen molar-refractivity contribution in [2.75, 3.05) is 4.90 Å². The number of halogens is 3. The zero-order chi connectivity index (χ0) is 19.0. The van der Waals surface area contributed by atoms with Gasteiger partial charge in [-0.2, -0.15) is 0 Å². The Labute approximate surface area is 169 Å². The molecule has 0 spiro atoms. The van der Waals surface area contributed by atoms with Crippen LogP contribution in [0.15, 0.2) is 50.9 Å². The molecule has 1 aliphatic heterocycles. The van der Waals surface area contributed by atoms with E-state index in [4.69, 9.17) is 11.6 Å². The van der Waals surface area contributed by atoms with Gasteiger partial charge >= 0.3 is 6.03 Å². The quantitative estimate of drug-likeness (QED) is 0.477. The molecule has 2 N–H and O–H groups in total. The molecule has 3 rings (SSSR count). The van der Waals surface area contributed by atoms with E-state index in [0.717, 1.165) is 9.37 Å². The summed E-state index contributed by atoms with van der Waals surface area (Å²) in [7, 11) is 0. The van der Waals surface area contributed by atoms with Crippen LogP contribution in [-0.4, -0.2) is 23.0 Å². The molecule has 1 aliphatic rings. The average Bonchev–Trinajstić information content (AvgIpc) is 2.57. The third-order valence-corrected chi connectivity index (χ3v) is 4.90. The molecule has 0 atom stereocenters. The van der Waals surface area contributed by atoms with Crippen LogP contribution in [0.4, 0.5) is 10.5 Å². The van der Waals surface area contributed by atoms with Gasteiger partial charge in [-0.15, -0.1) is 0 Å². The molecule has 132 valence electrons. The molecule has 26 heavy (non-hydrogen) atoms. The molecule has 0 radical (unpaired) electrons. The third kappa shape index (κ3) is 3.53. The number of phenols is 1. The van der Waals surface area contributed by atoms with E-state index in [1.807, 2.05) is 0 Å². The highest BCUT2D eigenvalue weighted by molar-refractivity contribution is 9.10. The van der Waals surface area contributed by atoms with E-state index in [9.17, 15) is 19.5 Å². The smallest absolute Gasteiger partial charge is 0.335 e. The minimum absolute atomic E-state index is 0.160. The van der Waals surface area contributed by atoms with E-state index in [0.29, 0.717) is 15.2 Å². The molecule has 1 saturated heterocycles. The first-order valence-corrected chi connectivity index (χ1v) is 9.09. The number of anilines is 1. The largest absolute Gasteiger partial charge is 0.506 e. The number of nitrogens with one attached hydrogen (secondary N) is 1. The molecule has 2 aromatic rings. The van der Waals surface area contributed by atoms with E-state index in [1.165, 1.54) is 18.2 Å². The van der Waals surface area contributed by atoms with Gasteiger partial charge in [-0.1, -0.05) is 27.5 Å². The summed E-state index contributed by atoms with van der Waals surface area (Å²) in [5, 5.41) is 12.5. The molecule has 2 aromatic carbocycles. The van der Waals surface area contributed by atoms with Crippen molar-refractivity contribution in [3.63, 3.8) is 0 Å². The van der Waals surface area contributed by atoms with Crippen LogP contribution in [0.1, 0.15) is 5.56 Å². The molecule has 0 saturated carbocycles. The number of aromatic hydroxyl groups is 1. The Morgan fingerprint density at radius 1 is 1.08 bits per heavy atom. The summed E-state index contributed by atoms with van der Waals surface area (Å²) in [5.41, 5.74) is 0.149. The summed E-state index contributed by atoms with van der Waals surface area (Å²) >= 11 is 12.4. The van der Waals surface area contributed by atoms with Crippen LogP contribution < -0.4 is 10.2 Å². The Kier molecular flexibility index (Phi) is 5.17. The van der Waals surface area contributed by atoms with Gasteiger partial charge in [0.15, 0.2) is 0 Å². The highest BCUT2D eigenvalue weighted by Crippen LogP contribution is 2.33. The number of barbiturate groups is 1. The van der Waals surface area contributed by atoms with E-state index in [2.05, 4.69) is 37.2 Å². The standard InChI is InChI=1S/C17H9Br2ClN2O4/c18-9-1-3-11(4-2-9)22-16(25)12(15(24)21-17(22)26)6-8-5-10(20)7-13(19)14(8)23/h1-7,23H,(H,21,24,26)/b12-6+. The van der Waals surface area contributed by atoms with Crippen molar-refractivity contribution >= 4 is 73.1 Å². The van der Waals surface area contributed by atoms with Crippen LogP contribution in [0.25, 0.3) is 6.08 Å². The van der Waals surface area contributed by atoms with Crippen LogP contribution in [0.5, 0.6) is 5.75 Å². The fourth-order valence-electron chi connectivity index (χ4n) is 2.33. The van der Waals surface area contributed by atoms with Crippen molar-refractivity contribution < 1.29 is 19.5 Å². The minimum Gasteiger partial charge on any atom is -0.506 e. The third-order valence-electron chi connectivity index (χ3n) is 3.54. The van der Waals surface area contributed by atoms with Gasteiger partial charge < -0.3 is 5.11 Å². The van der Waals surface area contributed by atoms with Crippen molar-refractivity contribution in [2.24, 2.45) is 0 Å². The van der Waals surface area contributed by atoms with Crippen molar-refractivity contribution in [1.29, 1.82) is 0 Å². The van der Waals surface area contributed by atoms with Crippen molar-refractivity contribution in [1.82, 2.24) is 5.32 Å². The number of benzene rings is 2. The number of carbonyl (C=O) groups excluding carboxylic acids is 3. The van der Waals surface area contributed by atoms with Crippen LogP contribution >= 0.6 is 43.5 Å². The summed E-state index contributed by atoms with van der Waals surface area (Å²) in [6.45, 7) is 0. The highest BCUT2D eigenvalue weighted by atomic mass is 79.9. The first kappa shape index (κ1) is 18.6. The number of amides is 4. The van der Waals surface area contributed by atoms with Crippen LogP contribution in [0.3, 0.4) is 0 Å². The predicted octanol–water partition coefficient (Wildman–Crippen LogP) is 4.24. The molecule has 4 amide bonds. The second-order valence-corrected chi connectivity index (χ2v) is 7.47. The first-order valence-electron chi connectivity index (χ1n) is 7.13. The van der Waals surface area contributed by atoms with Crippen LogP contribution in [-0.2, 0) is 9.59 Å². The second kappa shape index (κ2) is 7.22. The summed E-state index contributed by atoms with van der Waals surface area (Å²) in [6, 6.07) is 8.46. The molecule has 9 heteroatoms. The molecule has 0 aromatic heterocycles. The lowest BCUT2D eigenvalue weighted by molar-refractivity contribution is -0.122. The number of carbonyl (C=O) groups is 3. The molecule has 0 aliphatic carbocycles. The zero-order valence-electron chi connectivity index (χ0n) is 12.8. The van der Waals surface area contributed by atoms with Crippen molar-refractivity contribution in [3.05, 3.63) is 61.5 Å². The van der Waals surface area contributed by atoms with Gasteiger partial charge in [0.2, 0.25) is 0 Å². The number of nitrogens with zero attached hydrogens (tertiary/aromatic N) is 1. The maximum atomic E-state index is 12.8. The Morgan fingerprint density at radius 3 is 2.38 bits per heavy atom. The number of phenolic OH excluding ortho intramolecular Hbond substituents is 1. The summed E-state index contributed by atoms with van der Waals surface area (Å²) in [6.07, 6.45) is 1.18. The Bertz CT molecular complexity index is 973. The number of urea groups is 1. The monoisotopic (exact) mass is 498 g/mol. The minimum atomic E-state index is -0.858. The van der Waals surface area contributed by atoms with Crippen LogP contribution in [0, 0.1) is 0 Å². The molecule has 6 nitrogen and oxygen atoms in total. The molecule has 0 unspecified atom stereocenters. The number of hydrogen-bond donors (Lipinski definition) is 2. The lowest BCUT2D eigenvalue weighted by Gasteiger charge is -2.26. The summed E-state index contributed by atoms with van der Waals surface area (Å²) in [5.74, 6) is -1.85. The van der Waals surface area contributed by atoms with Gasteiger partial charge in [-0.05, 0) is 58.4 Å².